The van der Waals surface area contributed by atoms with Crippen molar-refractivity contribution in [2.75, 3.05) is 18.4 Å². The molecule has 1 aliphatic rings. The van der Waals surface area contributed by atoms with Crippen molar-refractivity contribution in [2.45, 2.75) is 31.6 Å². The molecule has 1 saturated carbocycles. The van der Waals surface area contributed by atoms with Crippen LogP contribution in [0.4, 0.5) is 10.1 Å². The van der Waals surface area contributed by atoms with Crippen molar-refractivity contribution in [2.24, 2.45) is 5.73 Å². The number of nitrogens with two attached hydrogens (primary N) is 1. The molecular formula is C17H21FN4. The van der Waals surface area contributed by atoms with E-state index in [4.69, 9.17) is 10.7 Å². The van der Waals surface area contributed by atoms with Gasteiger partial charge in [0.15, 0.2) is 0 Å². The van der Waals surface area contributed by atoms with Gasteiger partial charge < -0.3 is 11.1 Å². The number of rotatable bonds is 5. The van der Waals surface area contributed by atoms with Gasteiger partial charge in [0.2, 0.25) is 0 Å². The highest BCUT2D eigenvalue weighted by molar-refractivity contribution is 5.73. The molecule has 0 bridgehead atoms. The molecule has 0 spiro atoms. The molecule has 0 amide bonds. The Morgan fingerprint density at radius 3 is 2.59 bits per heavy atom. The quantitative estimate of drug-likeness (QED) is 0.889. The van der Waals surface area contributed by atoms with Gasteiger partial charge in [-0.1, -0.05) is 12.8 Å². The van der Waals surface area contributed by atoms with Crippen LogP contribution in [0.3, 0.4) is 0 Å². The summed E-state index contributed by atoms with van der Waals surface area (Å²) < 4.78 is 13.2. The monoisotopic (exact) mass is 300 g/mol. The second kappa shape index (κ2) is 6.83. The largest absolute Gasteiger partial charge is 0.381 e. The lowest BCUT2D eigenvalue weighted by atomic mass is 10.1. The number of anilines is 1. The third kappa shape index (κ3) is 3.25. The molecule has 1 aliphatic carbocycles. The van der Waals surface area contributed by atoms with Gasteiger partial charge in [0.1, 0.15) is 11.6 Å². The van der Waals surface area contributed by atoms with Crippen molar-refractivity contribution >= 4 is 5.69 Å². The SMILES string of the molecule is NCCNc1cnc(C2CCCC2)nc1-c1ccc(F)cc1. The Morgan fingerprint density at radius 2 is 1.91 bits per heavy atom. The van der Waals surface area contributed by atoms with Crippen molar-refractivity contribution in [3.8, 4) is 11.3 Å². The van der Waals surface area contributed by atoms with E-state index in [1.165, 1.54) is 25.0 Å². The second-order valence-electron chi connectivity index (χ2n) is 5.69. The van der Waals surface area contributed by atoms with Crippen LogP contribution in [-0.2, 0) is 0 Å². The van der Waals surface area contributed by atoms with Gasteiger partial charge in [-0.05, 0) is 37.1 Å². The minimum Gasteiger partial charge on any atom is -0.381 e. The van der Waals surface area contributed by atoms with Crippen LogP contribution in [-0.4, -0.2) is 23.1 Å². The van der Waals surface area contributed by atoms with Crippen LogP contribution < -0.4 is 11.1 Å². The first-order valence-corrected chi connectivity index (χ1v) is 7.85. The standard InChI is InChI=1S/C17H21FN4/c18-14-7-5-12(6-8-14)16-15(20-10-9-19)11-21-17(22-16)13-3-1-2-4-13/h5-8,11,13,20H,1-4,9-10,19H2. The summed E-state index contributed by atoms with van der Waals surface area (Å²) in [6.07, 6.45) is 6.62. The van der Waals surface area contributed by atoms with E-state index >= 15 is 0 Å². The number of halogens is 1. The number of aromatic nitrogens is 2. The molecule has 5 heteroatoms. The molecule has 2 aromatic rings. The maximum atomic E-state index is 13.2. The molecule has 1 aromatic heterocycles. The Hall–Kier alpha value is -2.01. The summed E-state index contributed by atoms with van der Waals surface area (Å²) in [5.41, 5.74) is 8.12. The maximum Gasteiger partial charge on any atom is 0.132 e. The normalized spacial score (nSPS) is 15.2. The lowest BCUT2D eigenvalue weighted by Gasteiger charge is -2.14. The van der Waals surface area contributed by atoms with Gasteiger partial charge in [-0.15, -0.1) is 0 Å². The Kier molecular flexibility index (Phi) is 4.63. The predicted octanol–water partition coefficient (Wildman–Crippen LogP) is 3.31. The zero-order valence-electron chi connectivity index (χ0n) is 12.6. The van der Waals surface area contributed by atoms with Crippen LogP contribution in [0.5, 0.6) is 0 Å². The smallest absolute Gasteiger partial charge is 0.132 e. The molecule has 0 atom stereocenters. The maximum absolute atomic E-state index is 13.2. The van der Waals surface area contributed by atoms with Crippen molar-refractivity contribution in [1.29, 1.82) is 0 Å². The predicted molar refractivity (Wildman–Crippen MR) is 86.2 cm³/mol. The van der Waals surface area contributed by atoms with E-state index in [0.717, 1.165) is 35.6 Å². The van der Waals surface area contributed by atoms with Gasteiger partial charge in [-0.3, -0.25) is 0 Å². The molecule has 1 heterocycles. The fourth-order valence-electron chi connectivity index (χ4n) is 2.94. The van der Waals surface area contributed by atoms with E-state index in [9.17, 15) is 4.39 Å². The van der Waals surface area contributed by atoms with Gasteiger partial charge >= 0.3 is 0 Å². The van der Waals surface area contributed by atoms with Gasteiger partial charge in [-0.2, -0.15) is 0 Å². The first-order valence-electron chi connectivity index (χ1n) is 7.85. The van der Waals surface area contributed by atoms with Crippen molar-refractivity contribution in [1.82, 2.24) is 9.97 Å². The van der Waals surface area contributed by atoms with Crippen molar-refractivity contribution in [3.63, 3.8) is 0 Å². The molecule has 1 fully saturated rings. The van der Waals surface area contributed by atoms with E-state index < -0.39 is 0 Å². The van der Waals surface area contributed by atoms with Crippen LogP contribution in [0.1, 0.15) is 37.4 Å². The van der Waals surface area contributed by atoms with E-state index in [1.54, 1.807) is 12.1 Å². The molecule has 4 nitrogen and oxygen atoms in total. The van der Waals surface area contributed by atoms with Gasteiger partial charge in [0, 0.05) is 24.6 Å². The highest BCUT2D eigenvalue weighted by atomic mass is 19.1. The Labute approximate surface area is 130 Å². The Morgan fingerprint density at radius 1 is 1.18 bits per heavy atom. The number of nitrogens with zero attached hydrogens (tertiary/aromatic N) is 2. The van der Waals surface area contributed by atoms with Crippen molar-refractivity contribution in [3.05, 3.63) is 42.1 Å². The molecular weight excluding hydrogens is 279 g/mol. The minimum absolute atomic E-state index is 0.245. The van der Waals surface area contributed by atoms with Crippen LogP contribution in [0.25, 0.3) is 11.3 Å². The lowest BCUT2D eigenvalue weighted by molar-refractivity contribution is 0.628. The molecule has 3 rings (SSSR count). The summed E-state index contributed by atoms with van der Waals surface area (Å²) in [4.78, 5) is 9.30. The summed E-state index contributed by atoms with van der Waals surface area (Å²) >= 11 is 0. The average Bonchev–Trinajstić information content (AvgIpc) is 3.08. The van der Waals surface area contributed by atoms with Crippen molar-refractivity contribution < 1.29 is 4.39 Å². The summed E-state index contributed by atoms with van der Waals surface area (Å²) in [5.74, 6) is 1.10. The summed E-state index contributed by atoms with van der Waals surface area (Å²) in [7, 11) is 0. The fourth-order valence-corrected chi connectivity index (χ4v) is 2.94. The lowest BCUT2D eigenvalue weighted by Crippen LogP contribution is -2.15. The van der Waals surface area contributed by atoms with E-state index in [1.807, 2.05) is 6.20 Å². The third-order valence-corrected chi connectivity index (χ3v) is 4.11. The summed E-state index contributed by atoms with van der Waals surface area (Å²) in [6, 6.07) is 6.42. The third-order valence-electron chi connectivity index (χ3n) is 4.11. The Bertz CT molecular complexity index is 621. The summed E-state index contributed by atoms with van der Waals surface area (Å²) in [6.45, 7) is 1.19. The first kappa shape index (κ1) is 14.9. The van der Waals surface area contributed by atoms with Gasteiger partial charge in [-0.25, -0.2) is 14.4 Å². The van der Waals surface area contributed by atoms with Crippen LogP contribution in [0.15, 0.2) is 30.5 Å². The Balaban J connectivity index is 1.97. The number of benzene rings is 1. The van der Waals surface area contributed by atoms with Crippen LogP contribution in [0.2, 0.25) is 0 Å². The molecule has 0 unspecified atom stereocenters. The van der Waals surface area contributed by atoms with E-state index in [-0.39, 0.29) is 5.82 Å². The average molecular weight is 300 g/mol. The molecule has 22 heavy (non-hydrogen) atoms. The highest BCUT2D eigenvalue weighted by Crippen LogP contribution is 2.34. The number of nitrogens with one attached hydrogen (secondary N) is 1. The fraction of sp³-hybridized carbons (Fsp3) is 0.412. The van der Waals surface area contributed by atoms with Gasteiger partial charge in [0.05, 0.1) is 17.6 Å². The molecule has 1 aromatic carbocycles. The number of hydrogen-bond donors (Lipinski definition) is 2. The topological polar surface area (TPSA) is 63.8 Å². The number of hydrogen-bond acceptors (Lipinski definition) is 4. The van der Waals surface area contributed by atoms with E-state index in [0.29, 0.717) is 19.0 Å². The second-order valence-corrected chi connectivity index (χ2v) is 5.69. The first-order chi connectivity index (χ1) is 10.8. The molecule has 0 saturated heterocycles. The molecule has 0 aliphatic heterocycles. The zero-order valence-corrected chi connectivity index (χ0v) is 12.6. The van der Waals surface area contributed by atoms with Crippen LogP contribution >= 0.6 is 0 Å². The van der Waals surface area contributed by atoms with E-state index in [2.05, 4.69) is 10.3 Å². The van der Waals surface area contributed by atoms with Gasteiger partial charge in [0.25, 0.3) is 0 Å². The molecule has 3 N–H and O–H groups in total. The highest BCUT2D eigenvalue weighted by Gasteiger charge is 2.21. The molecule has 0 radical (unpaired) electrons. The summed E-state index contributed by atoms with van der Waals surface area (Å²) in [5, 5.41) is 3.25. The minimum atomic E-state index is -0.245. The zero-order chi connectivity index (χ0) is 15.4. The molecule has 116 valence electrons. The van der Waals surface area contributed by atoms with Crippen LogP contribution in [0, 0.1) is 5.82 Å².